The van der Waals surface area contributed by atoms with Gasteiger partial charge in [0, 0.05) is 56.2 Å². The van der Waals surface area contributed by atoms with Gasteiger partial charge in [0.05, 0.1) is 33.8 Å². The molecule has 0 aliphatic rings. The van der Waals surface area contributed by atoms with Gasteiger partial charge in [-0.25, -0.2) is 9.97 Å². The molecule has 0 fully saturated rings. The Kier molecular flexibility index (Phi) is 6.82. The molecule has 11 rings (SSSR count). The molecule has 0 atom stereocenters. The number of benzene rings is 7. The van der Waals surface area contributed by atoms with Crippen LogP contribution in [0.3, 0.4) is 0 Å². The summed E-state index contributed by atoms with van der Waals surface area (Å²) in [6.07, 6.45) is 3.94. The first-order valence-corrected chi connectivity index (χ1v) is 18.2. The number of nitrogens with zero attached hydrogens (tertiary/aromatic N) is 4. The van der Waals surface area contributed by atoms with Crippen molar-refractivity contribution in [3.8, 4) is 45.0 Å². The van der Waals surface area contributed by atoms with Crippen molar-refractivity contribution in [2.45, 2.75) is 0 Å². The molecule has 4 heterocycles. The number of fused-ring (bicyclic) bond motifs is 7. The summed E-state index contributed by atoms with van der Waals surface area (Å²) < 4.78 is 0. The van der Waals surface area contributed by atoms with Crippen LogP contribution in [-0.2, 0) is 0 Å². The number of pyridine rings is 4. The first kappa shape index (κ1) is 30.3. The van der Waals surface area contributed by atoms with E-state index >= 15 is 0 Å². The van der Waals surface area contributed by atoms with Crippen LogP contribution in [0.4, 0.5) is 0 Å². The lowest BCUT2D eigenvalue weighted by molar-refractivity contribution is 1.33. The maximum atomic E-state index is 5.54. The van der Waals surface area contributed by atoms with Gasteiger partial charge in [0.1, 0.15) is 0 Å². The van der Waals surface area contributed by atoms with Crippen LogP contribution in [0.1, 0.15) is 0 Å². The standard InChI is InChI=1S/C50H30N4/c1-3-15-35-29-51-45(25-33(35)13-1)43-27-47(39-21-9-17-31-11-5-7-19-37(31)39)53-49-41(43)23-24-42-44(46-26-34-14-2-4-16-36(34)30-52-46)28-48(54-50(42)49)40-22-10-18-32-12-6-8-20-38(32)40/h1-30H. The van der Waals surface area contributed by atoms with E-state index in [1.54, 1.807) is 0 Å². The normalized spacial score (nSPS) is 11.7. The highest BCUT2D eigenvalue weighted by Gasteiger charge is 2.20. The summed E-state index contributed by atoms with van der Waals surface area (Å²) in [5, 5.41) is 11.1. The van der Waals surface area contributed by atoms with Gasteiger partial charge in [-0.05, 0) is 56.6 Å². The monoisotopic (exact) mass is 686 g/mol. The van der Waals surface area contributed by atoms with Crippen LogP contribution in [-0.4, -0.2) is 19.9 Å². The Morgan fingerprint density at radius 2 is 0.648 bits per heavy atom. The molecule has 0 spiro atoms. The molecule has 54 heavy (non-hydrogen) atoms. The van der Waals surface area contributed by atoms with Crippen molar-refractivity contribution in [2.75, 3.05) is 0 Å². The fraction of sp³-hybridized carbons (Fsp3) is 0. The summed E-state index contributed by atoms with van der Waals surface area (Å²) in [6, 6.07) is 59.8. The lowest BCUT2D eigenvalue weighted by Gasteiger charge is -2.16. The second-order valence-corrected chi connectivity index (χ2v) is 13.9. The molecule has 11 aromatic rings. The molecule has 0 aliphatic heterocycles. The van der Waals surface area contributed by atoms with Crippen LogP contribution in [0.15, 0.2) is 182 Å². The van der Waals surface area contributed by atoms with Gasteiger partial charge >= 0.3 is 0 Å². The molecular weight excluding hydrogens is 657 g/mol. The number of hydrogen-bond donors (Lipinski definition) is 0. The average Bonchev–Trinajstić information content (AvgIpc) is 3.24. The molecule has 7 aromatic carbocycles. The third-order valence-electron chi connectivity index (χ3n) is 10.7. The van der Waals surface area contributed by atoms with Gasteiger partial charge in [-0.3, -0.25) is 9.97 Å². The average molecular weight is 687 g/mol. The van der Waals surface area contributed by atoms with Crippen molar-refractivity contribution in [1.29, 1.82) is 0 Å². The van der Waals surface area contributed by atoms with Gasteiger partial charge in [-0.2, -0.15) is 0 Å². The van der Waals surface area contributed by atoms with E-state index in [4.69, 9.17) is 19.9 Å². The molecule has 0 saturated carbocycles. The largest absolute Gasteiger partial charge is 0.256 e. The third-order valence-corrected chi connectivity index (χ3v) is 10.7. The maximum absolute atomic E-state index is 5.54. The fourth-order valence-corrected chi connectivity index (χ4v) is 8.03. The summed E-state index contributed by atoms with van der Waals surface area (Å²) in [7, 11) is 0. The summed E-state index contributed by atoms with van der Waals surface area (Å²) in [5.74, 6) is 0. The molecule has 0 N–H and O–H groups in total. The van der Waals surface area contributed by atoms with E-state index in [0.717, 1.165) is 99.2 Å². The minimum Gasteiger partial charge on any atom is -0.256 e. The fourth-order valence-electron chi connectivity index (χ4n) is 8.03. The molecule has 0 aliphatic carbocycles. The first-order valence-electron chi connectivity index (χ1n) is 18.2. The minimum absolute atomic E-state index is 0.826. The van der Waals surface area contributed by atoms with E-state index in [1.807, 2.05) is 12.4 Å². The van der Waals surface area contributed by atoms with Crippen molar-refractivity contribution in [2.24, 2.45) is 0 Å². The second kappa shape index (κ2) is 12.1. The lowest BCUT2D eigenvalue weighted by atomic mass is 9.94. The molecule has 0 unspecified atom stereocenters. The van der Waals surface area contributed by atoms with Crippen LogP contribution < -0.4 is 0 Å². The number of rotatable bonds is 4. The highest BCUT2D eigenvalue weighted by molar-refractivity contribution is 6.14. The van der Waals surface area contributed by atoms with Crippen LogP contribution >= 0.6 is 0 Å². The third kappa shape index (κ3) is 4.92. The molecule has 0 bridgehead atoms. The number of hydrogen-bond acceptors (Lipinski definition) is 4. The van der Waals surface area contributed by atoms with Crippen LogP contribution in [0.25, 0.3) is 110 Å². The predicted octanol–water partition coefficient (Wildman–Crippen LogP) is 12.9. The molecule has 4 nitrogen and oxygen atoms in total. The lowest BCUT2D eigenvalue weighted by Crippen LogP contribution is -1.97. The van der Waals surface area contributed by atoms with Gasteiger partial charge in [0.2, 0.25) is 0 Å². The zero-order chi connectivity index (χ0) is 35.6. The van der Waals surface area contributed by atoms with Crippen molar-refractivity contribution >= 4 is 64.9 Å². The van der Waals surface area contributed by atoms with Gasteiger partial charge in [-0.15, -0.1) is 0 Å². The van der Waals surface area contributed by atoms with E-state index in [-0.39, 0.29) is 0 Å². The van der Waals surface area contributed by atoms with Gasteiger partial charge in [-0.1, -0.05) is 146 Å². The van der Waals surface area contributed by atoms with Gasteiger partial charge in [0.15, 0.2) is 0 Å². The molecule has 0 saturated heterocycles. The Balaban J connectivity index is 1.28. The van der Waals surface area contributed by atoms with E-state index in [9.17, 15) is 0 Å². The molecule has 0 amide bonds. The Hall–Kier alpha value is -7.30. The smallest absolute Gasteiger partial charge is 0.0979 e. The van der Waals surface area contributed by atoms with Crippen LogP contribution in [0, 0.1) is 0 Å². The SMILES string of the molecule is c1ccc2cc(-c3cc(-c4cccc5ccccc45)nc4c3ccc3c(-c5cc6ccccc6cn5)cc(-c5cccc6ccccc56)nc34)ncc2c1. The van der Waals surface area contributed by atoms with E-state index in [1.165, 1.54) is 10.8 Å². The molecule has 4 heteroatoms. The maximum Gasteiger partial charge on any atom is 0.0979 e. The second-order valence-electron chi connectivity index (χ2n) is 13.9. The topological polar surface area (TPSA) is 51.6 Å². The van der Waals surface area contributed by atoms with Crippen LogP contribution in [0.2, 0.25) is 0 Å². The Morgan fingerprint density at radius 1 is 0.259 bits per heavy atom. The zero-order valence-corrected chi connectivity index (χ0v) is 29.1. The van der Waals surface area contributed by atoms with Gasteiger partial charge in [0.25, 0.3) is 0 Å². The van der Waals surface area contributed by atoms with E-state index < -0.39 is 0 Å². The molecule has 250 valence electrons. The number of aromatic nitrogens is 4. The summed E-state index contributed by atoms with van der Waals surface area (Å²) in [6.45, 7) is 0. The van der Waals surface area contributed by atoms with E-state index in [2.05, 4.69) is 170 Å². The minimum atomic E-state index is 0.826. The summed E-state index contributed by atoms with van der Waals surface area (Å²) in [4.78, 5) is 21.2. The van der Waals surface area contributed by atoms with Crippen molar-refractivity contribution < 1.29 is 0 Å². The summed E-state index contributed by atoms with van der Waals surface area (Å²) in [5.41, 5.74) is 9.34. The Morgan fingerprint density at radius 3 is 1.11 bits per heavy atom. The predicted molar refractivity (Wildman–Crippen MR) is 224 cm³/mol. The molecular formula is C50H30N4. The van der Waals surface area contributed by atoms with Crippen molar-refractivity contribution in [3.63, 3.8) is 0 Å². The van der Waals surface area contributed by atoms with Crippen molar-refractivity contribution in [1.82, 2.24) is 19.9 Å². The quantitative estimate of drug-likeness (QED) is 0.173. The van der Waals surface area contributed by atoms with E-state index in [0.29, 0.717) is 0 Å². The molecule has 0 radical (unpaired) electrons. The first-order chi connectivity index (χ1) is 26.7. The highest BCUT2D eigenvalue weighted by atomic mass is 14.8. The van der Waals surface area contributed by atoms with Crippen molar-refractivity contribution in [3.05, 3.63) is 182 Å². The summed E-state index contributed by atoms with van der Waals surface area (Å²) >= 11 is 0. The Labute approximate surface area is 311 Å². The molecule has 4 aromatic heterocycles. The Bertz CT molecular complexity index is 3060. The van der Waals surface area contributed by atoms with Gasteiger partial charge < -0.3 is 0 Å². The highest BCUT2D eigenvalue weighted by Crippen LogP contribution is 2.41. The zero-order valence-electron chi connectivity index (χ0n) is 29.1. The van der Waals surface area contributed by atoms with Crippen LogP contribution in [0.5, 0.6) is 0 Å².